The van der Waals surface area contributed by atoms with E-state index in [2.05, 4.69) is 10.3 Å². The van der Waals surface area contributed by atoms with Crippen molar-refractivity contribution in [2.75, 3.05) is 26.0 Å². The van der Waals surface area contributed by atoms with Gasteiger partial charge in [0.2, 0.25) is 5.91 Å². The molecule has 1 aliphatic carbocycles. The number of rotatable bonds is 10. The van der Waals surface area contributed by atoms with Crippen LogP contribution in [-0.2, 0) is 30.6 Å². The molecule has 0 fully saturated rings. The number of hydrogen-bond donors (Lipinski definition) is 2. The Bertz CT molecular complexity index is 912. The zero-order valence-electron chi connectivity index (χ0n) is 17.4. The molecule has 2 N–H and O–H groups in total. The maximum absolute atomic E-state index is 12.5. The number of thioether (sulfide) groups is 1. The molecule has 0 radical (unpaired) electrons. The molecule has 0 unspecified atom stereocenters. The van der Waals surface area contributed by atoms with Crippen LogP contribution in [0.5, 0.6) is 5.75 Å². The second kappa shape index (κ2) is 11.2. The minimum absolute atomic E-state index is 0.0500. The molecule has 162 valence electrons. The molecule has 2 aromatic rings. The lowest BCUT2D eigenvalue weighted by molar-refractivity contribution is -0.118. The van der Waals surface area contributed by atoms with Crippen molar-refractivity contribution in [2.24, 2.45) is 0 Å². The molecule has 0 saturated carbocycles. The Morgan fingerprint density at radius 2 is 2.03 bits per heavy atom. The summed E-state index contributed by atoms with van der Waals surface area (Å²) in [6.07, 6.45) is 5.12. The van der Waals surface area contributed by atoms with E-state index in [1.54, 1.807) is 11.7 Å². The number of aliphatic hydroxyl groups is 1. The van der Waals surface area contributed by atoms with E-state index in [-0.39, 0.29) is 24.0 Å². The fraction of sp³-hybridized carbons (Fsp3) is 0.500. The highest BCUT2D eigenvalue weighted by Gasteiger charge is 2.20. The number of aromatic nitrogens is 2. The topological polar surface area (TPSA) is 93.5 Å². The summed E-state index contributed by atoms with van der Waals surface area (Å²) >= 11 is 1.34. The van der Waals surface area contributed by atoms with E-state index in [4.69, 9.17) is 9.84 Å². The van der Waals surface area contributed by atoms with Crippen molar-refractivity contribution in [1.82, 2.24) is 14.9 Å². The van der Waals surface area contributed by atoms with Gasteiger partial charge in [0.15, 0.2) is 0 Å². The summed E-state index contributed by atoms with van der Waals surface area (Å²) < 4.78 is 6.85. The number of carbonyl (C=O) groups excluding carboxylic acids is 1. The zero-order chi connectivity index (χ0) is 21.3. The third-order valence-corrected chi connectivity index (χ3v) is 6.24. The number of fused-ring (bicyclic) bond motifs is 1. The maximum Gasteiger partial charge on any atom is 0.348 e. The Kier molecular flexibility index (Phi) is 8.33. The normalized spacial score (nSPS) is 13.0. The molecule has 0 saturated heterocycles. The molecule has 0 atom stereocenters. The smallest absolute Gasteiger partial charge is 0.348 e. The van der Waals surface area contributed by atoms with Gasteiger partial charge in [-0.2, -0.15) is 4.98 Å². The number of benzene rings is 1. The summed E-state index contributed by atoms with van der Waals surface area (Å²) in [6, 6.07) is 7.79. The maximum atomic E-state index is 12.5. The van der Waals surface area contributed by atoms with Crippen LogP contribution < -0.4 is 15.7 Å². The first kappa shape index (κ1) is 22.4. The van der Waals surface area contributed by atoms with Crippen molar-refractivity contribution in [3.63, 3.8) is 0 Å². The van der Waals surface area contributed by atoms with Crippen LogP contribution in [0.4, 0.5) is 0 Å². The average molecular weight is 432 g/mol. The first-order valence-electron chi connectivity index (χ1n) is 10.4. The molecular formula is C22H29N3O4S. The molecule has 0 spiro atoms. The molecule has 7 nitrogen and oxygen atoms in total. The van der Waals surface area contributed by atoms with Crippen LogP contribution in [0.2, 0.25) is 0 Å². The number of amides is 1. The van der Waals surface area contributed by atoms with Gasteiger partial charge in [-0.1, -0.05) is 23.9 Å². The summed E-state index contributed by atoms with van der Waals surface area (Å²) in [5.41, 5.74) is 2.96. The van der Waals surface area contributed by atoms with Crippen LogP contribution in [-0.4, -0.2) is 46.6 Å². The number of methoxy groups -OCH3 is 1. The molecule has 1 aliphatic rings. The average Bonchev–Trinajstić information content (AvgIpc) is 2.77. The van der Waals surface area contributed by atoms with Gasteiger partial charge in [-0.25, -0.2) is 4.79 Å². The monoisotopic (exact) mass is 431 g/mol. The first-order valence-corrected chi connectivity index (χ1v) is 11.4. The molecule has 0 aliphatic heterocycles. The van der Waals surface area contributed by atoms with Crippen LogP contribution in [0.1, 0.15) is 36.1 Å². The van der Waals surface area contributed by atoms with Crippen molar-refractivity contribution in [3.05, 3.63) is 51.6 Å². The molecule has 0 bridgehead atoms. The van der Waals surface area contributed by atoms with Crippen molar-refractivity contribution in [3.8, 4) is 5.75 Å². The molecule has 8 heteroatoms. The van der Waals surface area contributed by atoms with Crippen LogP contribution in [0.15, 0.2) is 34.1 Å². The van der Waals surface area contributed by atoms with Crippen molar-refractivity contribution >= 4 is 17.7 Å². The summed E-state index contributed by atoms with van der Waals surface area (Å²) in [4.78, 5) is 29.0. The lowest BCUT2D eigenvalue weighted by Crippen LogP contribution is -2.31. The number of ether oxygens (including phenoxy) is 1. The largest absolute Gasteiger partial charge is 0.497 e. The van der Waals surface area contributed by atoms with Crippen LogP contribution >= 0.6 is 11.8 Å². The third kappa shape index (κ3) is 5.86. The molecule has 1 aromatic heterocycles. The van der Waals surface area contributed by atoms with Gasteiger partial charge in [-0.05, 0) is 56.2 Å². The van der Waals surface area contributed by atoms with Gasteiger partial charge in [0, 0.05) is 31.0 Å². The van der Waals surface area contributed by atoms with Gasteiger partial charge < -0.3 is 15.2 Å². The van der Waals surface area contributed by atoms with Gasteiger partial charge in [0.05, 0.1) is 12.9 Å². The summed E-state index contributed by atoms with van der Waals surface area (Å²) in [6.45, 7) is 1.09. The lowest BCUT2D eigenvalue weighted by atomic mass is 9.97. The van der Waals surface area contributed by atoms with E-state index >= 15 is 0 Å². The highest BCUT2D eigenvalue weighted by molar-refractivity contribution is 7.99. The Labute approximate surface area is 180 Å². The van der Waals surface area contributed by atoms with Crippen LogP contribution in [0.25, 0.3) is 0 Å². The third-order valence-electron chi connectivity index (χ3n) is 5.23. The predicted molar refractivity (Wildman–Crippen MR) is 117 cm³/mol. The van der Waals surface area contributed by atoms with E-state index < -0.39 is 0 Å². The Morgan fingerprint density at radius 3 is 2.77 bits per heavy atom. The second-order valence-corrected chi connectivity index (χ2v) is 8.26. The molecule has 3 rings (SSSR count). The fourth-order valence-corrected chi connectivity index (χ4v) is 4.56. The van der Waals surface area contributed by atoms with E-state index in [0.717, 1.165) is 54.7 Å². The summed E-state index contributed by atoms with van der Waals surface area (Å²) in [5, 5.41) is 12.7. The Balaban J connectivity index is 1.56. The van der Waals surface area contributed by atoms with Gasteiger partial charge in [-0.3, -0.25) is 9.36 Å². The van der Waals surface area contributed by atoms with Crippen molar-refractivity contribution in [1.29, 1.82) is 0 Å². The van der Waals surface area contributed by atoms with Crippen molar-refractivity contribution < 1.29 is 14.6 Å². The standard InChI is InChI=1S/C22H29N3O4S/c1-29-17-9-7-16(8-10-17)11-12-23-20(27)15-30-21-18-5-2-3-6-19(18)25(13-4-14-26)22(28)24-21/h7-10,26H,2-6,11-15H2,1H3,(H,23,27). The van der Waals surface area contributed by atoms with E-state index in [9.17, 15) is 9.59 Å². The molecule has 1 aromatic carbocycles. The zero-order valence-corrected chi connectivity index (χ0v) is 18.2. The Hall–Kier alpha value is -2.32. The molecule has 1 amide bonds. The van der Waals surface area contributed by atoms with Gasteiger partial charge in [0.25, 0.3) is 0 Å². The van der Waals surface area contributed by atoms with E-state index in [1.807, 2.05) is 24.3 Å². The van der Waals surface area contributed by atoms with Crippen LogP contribution in [0, 0.1) is 0 Å². The SMILES string of the molecule is COc1ccc(CCNC(=O)CSc2nc(=O)n(CCCO)c3c2CCCC3)cc1. The lowest BCUT2D eigenvalue weighted by Gasteiger charge is -2.22. The fourth-order valence-electron chi connectivity index (χ4n) is 3.65. The van der Waals surface area contributed by atoms with E-state index in [1.165, 1.54) is 11.8 Å². The highest BCUT2D eigenvalue weighted by Crippen LogP contribution is 2.28. The highest BCUT2D eigenvalue weighted by atomic mass is 32.2. The number of hydrogen-bond acceptors (Lipinski definition) is 6. The number of carbonyl (C=O) groups is 1. The van der Waals surface area contributed by atoms with Gasteiger partial charge >= 0.3 is 5.69 Å². The minimum Gasteiger partial charge on any atom is -0.497 e. The minimum atomic E-state index is -0.286. The van der Waals surface area contributed by atoms with Crippen LogP contribution in [0.3, 0.4) is 0 Å². The van der Waals surface area contributed by atoms with Gasteiger partial charge in [-0.15, -0.1) is 0 Å². The summed E-state index contributed by atoms with van der Waals surface area (Å²) in [7, 11) is 1.63. The van der Waals surface area contributed by atoms with E-state index in [0.29, 0.717) is 24.5 Å². The molecular weight excluding hydrogens is 402 g/mol. The number of nitrogens with zero attached hydrogens (tertiary/aromatic N) is 2. The Morgan fingerprint density at radius 1 is 1.27 bits per heavy atom. The van der Waals surface area contributed by atoms with Crippen molar-refractivity contribution in [2.45, 2.75) is 50.1 Å². The second-order valence-electron chi connectivity index (χ2n) is 7.30. The quantitative estimate of drug-likeness (QED) is 0.441. The number of nitrogens with one attached hydrogen (secondary N) is 1. The summed E-state index contributed by atoms with van der Waals surface area (Å²) in [5.74, 6) is 0.986. The molecule has 30 heavy (non-hydrogen) atoms. The number of aliphatic hydroxyl groups excluding tert-OH is 1. The molecule has 1 heterocycles. The van der Waals surface area contributed by atoms with Gasteiger partial charge in [0.1, 0.15) is 10.8 Å². The first-order chi connectivity index (χ1) is 14.6. The predicted octanol–water partition coefficient (Wildman–Crippen LogP) is 1.96.